The molecule has 0 spiro atoms. The maximum Gasteiger partial charge on any atom is -0.00745 e. The van der Waals surface area contributed by atoms with E-state index in [2.05, 4.69) is 13.0 Å². The summed E-state index contributed by atoms with van der Waals surface area (Å²) in [6.45, 7) is 3.08. The van der Waals surface area contributed by atoms with Crippen LogP contribution in [0.1, 0.15) is 32.6 Å². The topological polar surface area (TPSA) is 26.0 Å². The summed E-state index contributed by atoms with van der Waals surface area (Å²) in [4.78, 5) is 0. The van der Waals surface area contributed by atoms with Gasteiger partial charge in [0.25, 0.3) is 0 Å². The van der Waals surface area contributed by atoms with E-state index in [0.29, 0.717) is 0 Å². The molecule has 0 aromatic heterocycles. The van der Waals surface area contributed by atoms with Crippen molar-refractivity contribution in [3.8, 4) is 0 Å². The third-order valence-electron chi connectivity index (χ3n) is 2.25. The van der Waals surface area contributed by atoms with Gasteiger partial charge in [0.05, 0.1) is 0 Å². The van der Waals surface area contributed by atoms with Gasteiger partial charge >= 0.3 is 0 Å². The summed E-state index contributed by atoms with van der Waals surface area (Å²) in [5.74, 6) is 0.884. The van der Waals surface area contributed by atoms with E-state index in [0.717, 1.165) is 12.5 Å². The lowest BCUT2D eigenvalue weighted by atomic mass is 9.87. The average Bonchev–Trinajstić information content (AvgIpc) is 1.88. The molecule has 0 aromatic rings. The van der Waals surface area contributed by atoms with Gasteiger partial charge in [0.1, 0.15) is 0 Å². The van der Waals surface area contributed by atoms with Crippen molar-refractivity contribution in [2.45, 2.75) is 32.6 Å². The largest absolute Gasteiger partial charge is 0.330 e. The van der Waals surface area contributed by atoms with Crippen molar-refractivity contribution in [2.24, 2.45) is 11.7 Å². The van der Waals surface area contributed by atoms with Crippen LogP contribution in [0.4, 0.5) is 0 Å². The fourth-order valence-electron chi connectivity index (χ4n) is 1.69. The Kier molecular flexibility index (Phi) is 2.94. The van der Waals surface area contributed by atoms with Crippen molar-refractivity contribution in [3.63, 3.8) is 0 Å². The zero-order valence-corrected chi connectivity index (χ0v) is 6.77. The molecule has 1 atom stereocenters. The van der Waals surface area contributed by atoms with Crippen LogP contribution in [-0.4, -0.2) is 6.54 Å². The molecule has 0 aliphatic heterocycles. The van der Waals surface area contributed by atoms with Gasteiger partial charge in [-0.25, -0.2) is 0 Å². The van der Waals surface area contributed by atoms with Gasteiger partial charge in [0, 0.05) is 0 Å². The van der Waals surface area contributed by atoms with Crippen LogP contribution in [-0.2, 0) is 0 Å². The lowest BCUT2D eigenvalue weighted by Crippen LogP contribution is -2.11. The monoisotopic (exact) mass is 139 g/mol. The van der Waals surface area contributed by atoms with Crippen LogP contribution in [0, 0.1) is 5.92 Å². The van der Waals surface area contributed by atoms with E-state index >= 15 is 0 Å². The number of allylic oxidation sites excluding steroid dienone is 2. The second-order valence-corrected chi connectivity index (χ2v) is 3.28. The maximum absolute atomic E-state index is 5.49. The van der Waals surface area contributed by atoms with Gasteiger partial charge in [-0.05, 0) is 45.1 Å². The Bertz CT molecular complexity index is 127. The van der Waals surface area contributed by atoms with Crippen LogP contribution >= 0.6 is 0 Å². The van der Waals surface area contributed by atoms with Crippen molar-refractivity contribution in [2.75, 3.05) is 6.54 Å². The summed E-state index contributed by atoms with van der Waals surface area (Å²) in [5, 5.41) is 0. The number of hydrogen-bond donors (Lipinski definition) is 1. The van der Waals surface area contributed by atoms with Crippen molar-refractivity contribution in [1.82, 2.24) is 0 Å². The van der Waals surface area contributed by atoms with Crippen LogP contribution < -0.4 is 5.73 Å². The second-order valence-electron chi connectivity index (χ2n) is 3.28. The Morgan fingerprint density at radius 2 is 2.50 bits per heavy atom. The smallest absolute Gasteiger partial charge is 0.00745 e. The normalized spacial score (nSPS) is 26.2. The molecule has 10 heavy (non-hydrogen) atoms. The molecule has 1 aliphatic carbocycles. The van der Waals surface area contributed by atoms with Gasteiger partial charge in [-0.15, -0.1) is 0 Å². The molecule has 1 nitrogen and oxygen atoms in total. The number of rotatable bonds is 2. The molecule has 0 bridgehead atoms. The summed E-state index contributed by atoms with van der Waals surface area (Å²) in [6, 6.07) is 0. The molecule has 0 amide bonds. The van der Waals surface area contributed by atoms with Gasteiger partial charge < -0.3 is 5.73 Å². The Morgan fingerprint density at radius 3 is 3.10 bits per heavy atom. The molecular formula is C9H17N. The Labute approximate surface area is 63.3 Å². The Hall–Kier alpha value is -0.300. The van der Waals surface area contributed by atoms with E-state index in [1.807, 2.05) is 0 Å². The predicted octanol–water partition coefficient (Wildman–Crippen LogP) is 2.08. The molecule has 1 aliphatic rings. The SMILES string of the molecule is CC1=CCCC(CCN)C1. The highest BCUT2D eigenvalue weighted by Gasteiger charge is 2.11. The molecule has 0 heterocycles. The third kappa shape index (κ3) is 2.14. The second kappa shape index (κ2) is 3.77. The zero-order valence-electron chi connectivity index (χ0n) is 6.77. The first-order valence-electron chi connectivity index (χ1n) is 4.18. The molecule has 2 N–H and O–H groups in total. The summed E-state index contributed by atoms with van der Waals surface area (Å²) in [7, 11) is 0. The fraction of sp³-hybridized carbons (Fsp3) is 0.778. The highest BCUT2D eigenvalue weighted by Crippen LogP contribution is 2.25. The molecule has 58 valence electrons. The minimum Gasteiger partial charge on any atom is -0.330 e. The van der Waals surface area contributed by atoms with Gasteiger partial charge in [-0.1, -0.05) is 11.6 Å². The summed E-state index contributed by atoms with van der Waals surface area (Å²) >= 11 is 0. The molecule has 1 heteroatoms. The van der Waals surface area contributed by atoms with Crippen molar-refractivity contribution >= 4 is 0 Å². The predicted molar refractivity (Wildman–Crippen MR) is 44.8 cm³/mol. The molecule has 1 rings (SSSR count). The molecule has 0 saturated heterocycles. The molecular weight excluding hydrogens is 122 g/mol. The first-order valence-corrected chi connectivity index (χ1v) is 4.18. The quantitative estimate of drug-likeness (QED) is 0.582. The molecule has 0 aromatic carbocycles. The molecule has 1 unspecified atom stereocenters. The molecule has 0 radical (unpaired) electrons. The summed E-state index contributed by atoms with van der Waals surface area (Å²) in [6.07, 6.45) is 7.49. The van der Waals surface area contributed by atoms with Crippen molar-refractivity contribution in [1.29, 1.82) is 0 Å². The van der Waals surface area contributed by atoms with E-state index < -0.39 is 0 Å². The third-order valence-corrected chi connectivity index (χ3v) is 2.25. The summed E-state index contributed by atoms with van der Waals surface area (Å²) in [5.41, 5.74) is 7.05. The van der Waals surface area contributed by atoms with Crippen LogP contribution in [0.2, 0.25) is 0 Å². The highest BCUT2D eigenvalue weighted by molar-refractivity contribution is 5.03. The minimum atomic E-state index is 0.859. The van der Waals surface area contributed by atoms with Crippen LogP contribution in [0.3, 0.4) is 0 Å². The van der Waals surface area contributed by atoms with Crippen molar-refractivity contribution in [3.05, 3.63) is 11.6 Å². The van der Waals surface area contributed by atoms with Crippen LogP contribution in [0.15, 0.2) is 11.6 Å². The van der Waals surface area contributed by atoms with Gasteiger partial charge in [0.15, 0.2) is 0 Å². The van der Waals surface area contributed by atoms with E-state index in [1.54, 1.807) is 5.57 Å². The van der Waals surface area contributed by atoms with Crippen LogP contribution in [0.25, 0.3) is 0 Å². The van der Waals surface area contributed by atoms with E-state index in [4.69, 9.17) is 5.73 Å². The Balaban J connectivity index is 2.30. The van der Waals surface area contributed by atoms with E-state index in [-0.39, 0.29) is 0 Å². The average molecular weight is 139 g/mol. The van der Waals surface area contributed by atoms with Gasteiger partial charge in [-0.2, -0.15) is 0 Å². The number of nitrogens with two attached hydrogens (primary N) is 1. The van der Waals surface area contributed by atoms with Crippen LogP contribution in [0.5, 0.6) is 0 Å². The lowest BCUT2D eigenvalue weighted by molar-refractivity contribution is 0.439. The minimum absolute atomic E-state index is 0.859. The molecule has 0 fully saturated rings. The first kappa shape index (κ1) is 7.80. The Morgan fingerprint density at radius 1 is 1.70 bits per heavy atom. The molecule has 0 saturated carbocycles. The standard InChI is InChI=1S/C9H17N/c1-8-3-2-4-9(7-8)5-6-10/h3,9H,2,4-7,10H2,1H3. The van der Waals surface area contributed by atoms with Gasteiger partial charge in [-0.3, -0.25) is 0 Å². The van der Waals surface area contributed by atoms with Crippen molar-refractivity contribution < 1.29 is 0 Å². The van der Waals surface area contributed by atoms with E-state index in [1.165, 1.54) is 25.7 Å². The fourth-order valence-corrected chi connectivity index (χ4v) is 1.69. The highest BCUT2D eigenvalue weighted by atomic mass is 14.5. The van der Waals surface area contributed by atoms with Gasteiger partial charge in [0.2, 0.25) is 0 Å². The summed E-state index contributed by atoms with van der Waals surface area (Å²) < 4.78 is 0. The maximum atomic E-state index is 5.49. The number of hydrogen-bond acceptors (Lipinski definition) is 1. The first-order chi connectivity index (χ1) is 4.83. The zero-order chi connectivity index (χ0) is 7.40. The lowest BCUT2D eigenvalue weighted by Gasteiger charge is -2.19. The van der Waals surface area contributed by atoms with E-state index in [9.17, 15) is 0 Å².